The topological polar surface area (TPSA) is 101 Å². The fraction of sp³-hybridized carbons (Fsp3) is 0.818. The fourth-order valence-corrected chi connectivity index (χ4v) is 3.39. The van der Waals surface area contributed by atoms with Crippen LogP contribution in [0.2, 0.25) is 0 Å². The number of hydrogen-bond donors (Lipinski definition) is 2. The summed E-state index contributed by atoms with van der Waals surface area (Å²) in [4.78, 5) is 21.8. The molecule has 7 heteroatoms. The van der Waals surface area contributed by atoms with Gasteiger partial charge in [0.25, 0.3) is 0 Å². The third kappa shape index (κ3) is 6.00. The molecular weight excluding hydrogens is 258 g/mol. The fourth-order valence-electron chi connectivity index (χ4n) is 1.90. The van der Waals surface area contributed by atoms with Crippen LogP contribution in [0.3, 0.4) is 0 Å². The first kappa shape index (κ1) is 14.9. The SMILES string of the molecule is O=C(O)CCCCC(=O)NC1CCS(=O)(=O)CC1. The highest BCUT2D eigenvalue weighted by Crippen LogP contribution is 2.12. The van der Waals surface area contributed by atoms with Gasteiger partial charge >= 0.3 is 5.97 Å². The number of amides is 1. The number of unbranched alkanes of at least 4 members (excludes halogenated alkanes) is 1. The van der Waals surface area contributed by atoms with Gasteiger partial charge in [-0.15, -0.1) is 0 Å². The van der Waals surface area contributed by atoms with Gasteiger partial charge in [0.05, 0.1) is 11.5 Å². The van der Waals surface area contributed by atoms with Crippen LogP contribution in [0.4, 0.5) is 0 Å². The van der Waals surface area contributed by atoms with Gasteiger partial charge in [0.15, 0.2) is 0 Å². The van der Waals surface area contributed by atoms with Crippen molar-refractivity contribution < 1.29 is 23.1 Å². The number of aliphatic carboxylic acids is 1. The Morgan fingerprint density at radius 3 is 2.22 bits per heavy atom. The van der Waals surface area contributed by atoms with Crippen molar-refractivity contribution in [1.29, 1.82) is 0 Å². The quantitative estimate of drug-likeness (QED) is 0.681. The minimum absolute atomic E-state index is 0.0551. The molecule has 1 aliphatic rings. The van der Waals surface area contributed by atoms with Crippen molar-refractivity contribution in [3.63, 3.8) is 0 Å². The minimum Gasteiger partial charge on any atom is -0.481 e. The molecule has 1 heterocycles. The number of sulfone groups is 1. The molecule has 1 aliphatic heterocycles. The van der Waals surface area contributed by atoms with E-state index in [4.69, 9.17) is 5.11 Å². The predicted molar refractivity (Wildman–Crippen MR) is 65.9 cm³/mol. The van der Waals surface area contributed by atoms with Crippen molar-refractivity contribution in [2.75, 3.05) is 11.5 Å². The number of hydrogen-bond acceptors (Lipinski definition) is 4. The maximum Gasteiger partial charge on any atom is 0.303 e. The standard InChI is InChI=1S/C11H19NO5S/c13-10(3-1-2-4-11(14)15)12-9-5-7-18(16,17)8-6-9/h9H,1-8H2,(H,12,13)(H,14,15). The highest BCUT2D eigenvalue weighted by Gasteiger charge is 2.24. The molecule has 0 aromatic heterocycles. The Bertz CT molecular complexity index is 390. The van der Waals surface area contributed by atoms with E-state index in [2.05, 4.69) is 5.32 Å². The predicted octanol–water partition coefficient (Wildman–Crippen LogP) is 0.325. The van der Waals surface area contributed by atoms with Crippen LogP contribution in [-0.4, -0.2) is 42.9 Å². The Balaban J connectivity index is 2.15. The molecule has 0 aromatic rings. The number of carbonyl (C=O) groups excluding carboxylic acids is 1. The van der Waals surface area contributed by atoms with E-state index in [1.807, 2.05) is 0 Å². The van der Waals surface area contributed by atoms with Crippen molar-refractivity contribution in [3.05, 3.63) is 0 Å². The molecule has 0 unspecified atom stereocenters. The van der Waals surface area contributed by atoms with Crippen LogP contribution in [0.15, 0.2) is 0 Å². The maximum absolute atomic E-state index is 11.5. The summed E-state index contributed by atoms with van der Waals surface area (Å²) in [5, 5.41) is 11.2. The monoisotopic (exact) mass is 277 g/mol. The lowest BCUT2D eigenvalue weighted by molar-refractivity contribution is -0.137. The molecule has 1 saturated heterocycles. The molecule has 0 aromatic carbocycles. The number of nitrogens with one attached hydrogen (secondary N) is 1. The van der Waals surface area contributed by atoms with Gasteiger partial charge in [0.1, 0.15) is 9.84 Å². The molecule has 0 atom stereocenters. The van der Waals surface area contributed by atoms with Crippen molar-refractivity contribution in [3.8, 4) is 0 Å². The first-order chi connectivity index (χ1) is 8.39. The molecule has 0 bridgehead atoms. The second-order valence-corrected chi connectivity index (χ2v) is 6.90. The van der Waals surface area contributed by atoms with Crippen LogP contribution in [0.5, 0.6) is 0 Å². The van der Waals surface area contributed by atoms with E-state index in [1.165, 1.54) is 0 Å². The number of carboxylic acid groups (broad SMARTS) is 1. The lowest BCUT2D eigenvalue weighted by Gasteiger charge is -2.22. The van der Waals surface area contributed by atoms with E-state index in [9.17, 15) is 18.0 Å². The first-order valence-corrected chi connectivity index (χ1v) is 7.93. The normalized spacial score (nSPS) is 19.3. The van der Waals surface area contributed by atoms with E-state index in [0.717, 1.165) is 0 Å². The Hall–Kier alpha value is -1.11. The smallest absolute Gasteiger partial charge is 0.303 e. The maximum atomic E-state index is 11.5. The zero-order chi connectivity index (χ0) is 13.6. The molecular formula is C11H19NO5S. The largest absolute Gasteiger partial charge is 0.481 e. The average Bonchev–Trinajstić information content (AvgIpc) is 2.27. The molecule has 0 radical (unpaired) electrons. The van der Waals surface area contributed by atoms with Gasteiger partial charge in [-0.1, -0.05) is 0 Å². The molecule has 0 spiro atoms. The van der Waals surface area contributed by atoms with Gasteiger partial charge < -0.3 is 10.4 Å². The zero-order valence-electron chi connectivity index (χ0n) is 10.2. The number of carbonyl (C=O) groups is 2. The lowest BCUT2D eigenvalue weighted by atomic mass is 10.1. The average molecular weight is 277 g/mol. The Morgan fingerprint density at radius 1 is 1.11 bits per heavy atom. The summed E-state index contributed by atoms with van der Waals surface area (Å²) in [6.07, 6.45) is 2.36. The molecule has 18 heavy (non-hydrogen) atoms. The Labute approximate surface area is 107 Å². The molecule has 1 amide bonds. The number of carboxylic acids is 1. The van der Waals surface area contributed by atoms with Crippen LogP contribution in [0, 0.1) is 0 Å². The minimum atomic E-state index is -2.90. The van der Waals surface area contributed by atoms with E-state index in [0.29, 0.717) is 32.1 Å². The van der Waals surface area contributed by atoms with Crippen LogP contribution < -0.4 is 5.32 Å². The van der Waals surface area contributed by atoms with E-state index < -0.39 is 15.8 Å². The highest BCUT2D eigenvalue weighted by atomic mass is 32.2. The second kappa shape index (κ2) is 6.72. The molecule has 104 valence electrons. The molecule has 1 rings (SSSR count). The van der Waals surface area contributed by atoms with Crippen molar-refractivity contribution in [2.45, 2.75) is 44.6 Å². The Kier molecular flexibility index (Phi) is 5.58. The molecule has 1 fully saturated rings. The van der Waals surface area contributed by atoms with Gasteiger partial charge in [0, 0.05) is 18.9 Å². The lowest BCUT2D eigenvalue weighted by Crippen LogP contribution is -2.40. The molecule has 0 saturated carbocycles. The van der Waals surface area contributed by atoms with Gasteiger partial charge in [-0.05, 0) is 25.7 Å². The summed E-state index contributed by atoms with van der Waals surface area (Å²) in [5.74, 6) is -0.703. The first-order valence-electron chi connectivity index (χ1n) is 6.10. The van der Waals surface area contributed by atoms with Crippen molar-refractivity contribution in [1.82, 2.24) is 5.32 Å². The second-order valence-electron chi connectivity index (χ2n) is 4.59. The van der Waals surface area contributed by atoms with E-state index in [1.54, 1.807) is 0 Å². The third-order valence-corrected chi connectivity index (χ3v) is 4.68. The summed E-state index contributed by atoms with van der Waals surface area (Å²) in [6.45, 7) is 0. The molecule has 2 N–H and O–H groups in total. The Morgan fingerprint density at radius 2 is 1.67 bits per heavy atom. The van der Waals surface area contributed by atoms with Crippen LogP contribution in [0.25, 0.3) is 0 Å². The summed E-state index contributed by atoms with van der Waals surface area (Å²) < 4.78 is 22.4. The highest BCUT2D eigenvalue weighted by molar-refractivity contribution is 7.91. The van der Waals surface area contributed by atoms with Crippen molar-refractivity contribution in [2.24, 2.45) is 0 Å². The van der Waals surface area contributed by atoms with Crippen LogP contribution in [0.1, 0.15) is 38.5 Å². The third-order valence-electron chi connectivity index (χ3n) is 2.96. The summed E-state index contributed by atoms with van der Waals surface area (Å²) in [6, 6.07) is -0.0551. The molecule has 6 nitrogen and oxygen atoms in total. The summed E-state index contributed by atoms with van der Waals surface area (Å²) in [5.41, 5.74) is 0. The molecule has 0 aliphatic carbocycles. The number of rotatable bonds is 6. The zero-order valence-corrected chi connectivity index (χ0v) is 11.0. The van der Waals surface area contributed by atoms with E-state index >= 15 is 0 Å². The summed E-state index contributed by atoms with van der Waals surface area (Å²) >= 11 is 0. The van der Waals surface area contributed by atoms with Gasteiger partial charge in [0.2, 0.25) is 5.91 Å². The van der Waals surface area contributed by atoms with Crippen molar-refractivity contribution >= 4 is 21.7 Å². The van der Waals surface area contributed by atoms with Crippen LogP contribution in [-0.2, 0) is 19.4 Å². The van der Waals surface area contributed by atoms with Crippen LogP contribution >= 0.6 is 0 Å². The van der Waals surface area contributed by atoms with Gasteiger partial charge in [-0.2, -0.15) is 0 Å². The van der Waals surface area contributed by atoms with E-state index in [-0.39, 0.29) is 29.9 Å². The van der Waals surface area contributed by atoms with Gasteiger partial charge in [-0.25, -0.2) is 8.42 Å². The van der Waals surface area contributed by atoms with Gasteiger partial charge in [-0.3, -0.25) is 9.59 Å². The summed E-state index contributed by atoms with van der Waals surface area (Å²) in [7, 11) is -2.90.